The lowest BCUT2D eigenvalue weighted by Gasteiger charge is -2.09. The van der Waals surface area contributed by atoms with Gasteiger partial charge in [-0.05, 0) is 72.6 Å². The second-order valence-corrected chi connectivity index (χ2v) is 7.20. The Balaban J connectivity index is 1.67. The fourth-order valence-electron chi connectivity index (χ4n) is 3.28. The van der Waals surface area contributed by atoms with Gasteiger partial charge < -0.3 is 10.1 Å². The summed E-state index contributed by atoms with van der Waals surface area (Å²) in [6, 6.07) is 23.1. The molecule has 1 heterocycles. The van der Waals surface area contributed by atoms with Gasteiger partial charge in [-0.1, -0.05) is 24.3 Å². The molecular weight excluding hydrogens is 393 g/mol. The first-order valence-corrected chi connectivity index (χ1v) is 9.87. The molecule has 0 aliphatic carbocycles. The van der Waals surface area contributed by atoms with E-state index >= 15 is 0 Å². The highest BCUT2D eigenvalue weighted by molar-refractivity contribution is 5.94. The van der Waals surface area contributed by atoms with Crippen LogP contribution in [-0.4, -0.2) is 22.8 Å². The normalized spacial score (nSPS) is 10.7. The molecule has 156 valence electrons. The molecule has 0 radical (unpaired) electrons. The molecule has 0 saturated carbocycles. The molecule has 0 saturated heterocycles. The second-order valence-electron chi connectivity index (χ2n) is 7.20. The molecule has 0 aliphatic rings. The van der Waals surface area contributed by atoms with Crippen LogP contribution >= 0.6 is 0 Å². The summed E-state index contributed by atoms with van der Waals surface area (Å²) in [6.45, 7) is 2.28. The van der Waals surface area contributed by atoms with Gasteiger partial charge in [-0.15, -0.1) is 0 Å². The number of halogens is 1. The van der Waals surface area contributed by atoms with E-state index in [1.54, 1.807) is 30.0 Å². The third-order valence-electron chi connectivity index (χ3n) is 4.94. The van der Waals surface area contributed by atoms with Crippen molar-refractivity contribution in [1.29, 1.82) is 0 Å². The first-order valence-electron chi connectivity index (χ1n) is 9.87. The predicted molar refractivity (Wildman–Crippen MR) is 118 cm³/mol. The molecule has 4 rings (SSSR count). The van der Waals surface area contributed by atoms with Gasteiger partial charge in [0.15, 0.2) is 0 Å². The molecule has 4 aromatic rings. The third-order valence-corrected chi connectivity index (χ3v) is 4.94. The van der Waals surface area contributed by atoms with Crippen molar-refractivity contribution in [3.63, 3.8) is 0 Å². The summed E-state index contributed by atoms with van der Waals surface area (Å²) in [5.41, 5.74) is 4.64. The second kappa shape index (κ2) is 8.83. The van der Waals surface area contributed by atoms with Crippen molar-refractivity contribution in [3.8, 4) is 22.7 Å². The summed E-state index contributed by atoms with van der Waals surface area (Å²) in [6.07, 6.45) is 0. The van der Waals surface area contributed by atoms with Gasteiger partial charge in [0.1, 0.15) is 17.3 Å². The van der Waals surface area contributed by atoms with Crippen LogP contribution in [0.15, 0.2) is 78.9 Å². The summed E-state index contributed by atoms with van der Waals surface area (Å²) < 4.78 is 20.0. The molecule has 5 nitrogen and oxygen atoms in total. The monoisotopic (exact) mass is 415 g/mol. The maximum Gasteiger partial charge on any atom is 0.270 e. The van der Waals surface area contributed by atoms with Crippen molar-refractivity contribution in [3.05, 3.63) is 102 Å². The van der Waals surface area contributed by atoms with Crippen molar-refractivity contribution in [1.82, 2.24) is 15.1 Å². The molecule has 1 N–H and O–H groups in total. The smallest absolute Gasteiger partial charge is 0.270 e. The highest BCUT2D eigenvalue weighted by Crippen LogP contribution is 2.24. The summed E-state index contributed by atoms with van der Waals surface area (Å²) in [5, 5.41) is 7.60. The lowest BCUT2D eigenvalue weighted by Crippen LogP contribution is -2.25. The maximum absolute atomic E-state index is 13.1. The van der Waals surface area contributed by atoms with Crippen LogP contribution < -0.4 is 10.1 Å². The van der Waals surface area contributed by atoms with E-state index in [0.29, 0.717) is 11.4 Å². The minimum absolute atomic E-state index is 0.266. The quantitative estimate of drug-likeness (QED) is 0.486. The number of aryl methyl sites for hydroxylation is 1. The van der Waals surface area contributed by atoms with Gasteiger partial charge in [0, 0.05) is 12.1 Å². The van der Waals surface area contributed by atoms with Crippen molar-refractivity contribution in [2.45, 2.75) is 13.5 Å². The van der Waals surface area contributed by atoms with E-state index in [9.17, 15) is 9.18 Å². The molecule has 3 aromatic carbocycles. The molecule has 1 aromatic heterocycles. The molecule has 0 unspecified atom stereocenters. The lowest BCUT2D eigenvalue weighted by atomic mass is 10.1. The topological polar surface area (TPSA) is 56.1 Å². The van der Waals surface area contributed by atoms with Gasteiger partial charge >= 0.3 is 0 Å². The van der Waals surface area contributed by atoms with Crippen LogP contribution in [0.5, 0.6) is 5.75 Å². The van der Waals surface area contributed by atoms with Crippen LogP contribution in [0.2, 0.25) is 0 Å². The van der Waals surface area contributed by atoms with Gasteiger partial charge in [0.2, 0.25) is 0 Å². The Hall–Kier alpha value is -3.93. The van der Waals surface area contributed by atoms with Crippen molar-refractivity contribution < 1.29 is 13.9 Å². The third kappa shape index (κ3) is 4.64. The number of carbonyl (C=O) groups excluding carboxylic acids is 1. The van der Waals surface area contributed by atoms with Crippen LogP contribution in [0.3, 0.4) is 0 Å². The Labute approximate surface area is 180 Å². The fraction of sp³-hybridized carbons (Fsp3) is 0.120. The number of hydrogen-bond donors (Lipinski definition) is 1. The lowest BCUT2D eigenvalue weighted by molar-refractivity contribution is 0.0943. The number of carbonyl (C=O) groups is 1. The number of nitrogens with one attached hydrogen (secondary N) is 1. The Morgan fingerprint density at radius 3 is 2.45 bits per heavy atom. The highest BCUT2D eigenvalue weighted by atomic mass is 19.1. The van der Waals surface area contributed by atoms with Crippen molar-refractivity contribution in [2.24, 2.45) is 0 Å². The molecule has 0 fully saturated rings. The summed E-state index contributed by atoms with van der Waals surface area (Å²) >= 11 is 0. The highest BCUT2D eigenvalue weighted by Gasteiger charge is 2.18. The number of methoxy groups -OCH3 is 1. The zero-order valence-corrected chi connectivity index (χ0v) is 17.3. The molecule has 31 heavy (non-hydrogen) atoms. The Morgan fingerprint density at radius 1 is 1.03 bits per heavy atom. The van der Waals surface area contributed by atoms with Crippen LogP contribution in [0.25, 0.3) is 16.9 Å². The standard InChI is InChI=1S/C25H22FN3O2/c1-17-4-3-5-21(14-17)29-24(25(30)27-16-18-6-10-20(26)11-7-18)15-23(28-29)19-8-12-22(31-2)13-9-19/h3-15H,16H2,1-2H3,(H,27,30). The summed E-state index contributed by atoms with van der Waals surface area (Å²) in [7, 11) is 1.62. The van der Waals surface area contributed by atoms with Crippen LogP contribution in [0.1, 0.15) is 21.6 Å². The number of hydrogen-bond acceptors (Lipinski definition) is 3. The first-order chi connectivity index (χ1) is 15.0. The van der Waals surface area contributed by atoms with Crippen LogP contribution in [-0.2, 0) is 6.54 Å². The number of aromatic nitrogens is 2. The SMILES string of the molecule is COc1ccc(-c2cc(C(=O)NCc3ccc(F)cc3)n(-c3cccc(C)c3)n2)cc1. The molecule has 0 atom stereocenters. The van der Waals surface area contributed by atoms with Crippen molar-refractivity contribution in [2.75, 3.05) is 7.11 Å². The molecule has 0 aliphatic heterocycles. The predicted octanol–water partition coefficient (Wildman–Crippen LogP) is 4.93. The molecule has 0 spiro atoms. The fourth-order valence-corrected chi connectivity index (χ4v) is 3.28. The zero-order valence-electron chi connectivity index (χ0n) is 17.3. The molecular formula is C25H22FN3O2. The number of nitrogens with zero attached hydrogens (tertiary/aromatic N) is 2. The first kappa shape index (κ1) is 20.3. The van der Waals surface area contributed by atoms with E-state index in [-0.39, 0.29) is 18.3 Å². The number of amides is 1. The summed E-state index contributed by atoms with van der Waals surface area (Å²) in [5.74, 6) is 0.175. The van der Waals surface area contributed by atoms with E-state index in [1.807, 2.05) is 55.5 Å². The largest absolute Gasteiger partial charge is 0.497 e. The van der Waals surface area contributed by atoms with Gasteiger partial charge in [-0.25, -0.2) is 9.07 Å². The van der Waals surface area contributed by atoms with E-state index < -0.39 is 0 Å². The number of ether oxygens (including phenoxy) is 1. The van der Waals surface area contributed by atoms with E-state index in [1.165, 1.54) is 12.1 Å². The molecule has 1 amide bonds. The molecule has 6 heteroatoms. The Kier molecular flexibility index (Phi) is 5.80. The van der Waals surface area contributed by atoms with Crippen LogP contribution in [0.4, 0.5) is 4.39 Å². The molecule has 0 bridgehead atoms. The average molecular weight is 415 g/mol. The van der Waals surface area contributed by atoms with E-state index in [4.69, 9.17) is 9.84 Å². The Bertz CT molecular complexity index is 1200. The Morgan fingerprint density at radius 2 is 1.77 bits per heavy atom. The van der Waals surface area contributed by atoms with Gasteiger partial charge in [-0.2, -0.15) is 5.10 Å². The van der Waals surface area contributed by atoms with Crippen LogP contribution in [0, 0.1) is 12.7 Å². The number of rotatable bonds is 6. The van der Waals surface area contributed by atoms with Gasteiger partial charge in [0.25, 0.3) is 5.91 Å². The zero-order chi connectivity index (χ0) is 21.8. The van der Waals surface area contributed by atoms with Gasteiger partial charge in [-0.3, -0.25) is 4.79 Å². The minimum Gasteiger partial charge on any atom is -0.497 e. The average Bonchev–Trinajstić information content (AvgIpc) is 3.24. The minimum atomic E-state index is -0.309. The van der Waals surface area contributed by atoms with E-state index in [0.717, 1.165) is 28.1 Å². The number of benzene rings is 3. The van der Waals surface area contributed by atoms with E-state index in [2.05, 4.69) is 5.32 Å². The summed E-state index contributed by atoms with van der Waals surface area (Å²) in [4.78, 5) is 13.0. The van der Waals surface area contributed by atoms with Gasteiger partial charge in [0.05, 0.1) is 18.5 Å². The van der Waals surface area contributed by atoms with Crippen molar-refractivity contribution >= 4 is 5.91 Å². The maximum atomic E-state index is 13.1.